The quantitative estimate of drug-likeness (QED) is 0.638. The van der Waals surface area contributed by atoms with Crippen molar-refractivity contribution >= 4 is 28.1 Å². The molecule has 1 aliphatic rings. The number of allylic oxidation sites excluding steroid dienone is 2. The SMILES string of the molecule is CC1=CC(C)(C)n2c(O)c(N=NC(=O)COc3ccccc3)c3cccc1c32. The van der Waals surface area contributed by atoms with Crippen molar-refractivity contribution in [2.45, 2.75) is 26.3 Å². The highest BCUT2D eigenvalue weighted by Gasteiger charge is 2.32. The Morgan fingerprint density at radius 3 is 2.64 bits per heavy atom. The van der Waals surface area contributed by atoms with Crippen molar-refractivity contribution in [3.63, 3.8) is 0 Å². The summed E-state index contributed by atoms with van der Waals surface area (Å²) in [4.78, 5) is 12.1. The van der Waals surface area contributed by atoms with Crippen LogP contribution in [0.1, 0.15) is 26.3 Å². The van der Waals surface area contributed by atoms with Crippen LogP contribution >= 0.6 is 0 Å². The topological polar surface area (TPSA) is 76.2 Å². The van der Waals surface area contributed by atoms with E-state index < -0.39 is 11.4 Å². The molecular formula is C22H21N3O3. The lowest BCUT2D eigenvalue weighted by Gasteiger charge is -2.30. The highest BCUT2D eigenvalue weighted by molar-refractivity contribution is 6.02. The van der Waals surface area contributed by atoms with Crippen molar-refractivity contribution in [2.24, 2.45) is 10.2 Å². The van der Waals surface area contributed by atoms with E-state index in [4.69, 9.17) is 4.74 Å². The second kappa shape index (κ2) is 6.64. The number of nitrogens with zero attached hydrogens (tertiary/aromatic N) is 3. The normalized spacial score (nSPS) is 15.0. The van der Waals surface area contributed by atoms with Crippen LogP contribution in [0.25, 0.3) is 16.5 Å². The van der Waals surface area contributed by atoms with Gasteiger partial charge >= 0.3 is 5.91 Å². The fourth-order valence-electron chi connectivity index (χ4n) is 3.75. The molecule has 1 N–H and O–H groups in total. The largest absolute Gasteiger partial charge is 0.493 e. The summed E-state index contributed by atoms with van der Waals surface area (Å²) in [6.07, 6.45) is 2.11. The van der Waals surface area contributed by atoms with E-state index >= 15 is 0 Å². The van der Waals surface area contributed by atoms with E-state index in [9.17, 15) is 9.90 Å². The van der Waals surface area contributed by atoms with Gasteiger partial charge in [-0.05, 0) is 38.5 Å². The van der Waals surface area contributed by atoms with Crippen LogP contribution in [0.15, 0.2) is 64.8 Å². The average molecular weight is 375 g/mol. The molecule has 1 aromatic heterocycles. The molecule has 2 heterocycles. The first-order chi connectivity index (χ1) is 13.4. The molecule has 0 fully saturated rings. The summed E-state index contributed by atoms with van der Waals surface area (Å²) in [7, 11) is 0. The molecule has 0 saturated carbocycles. The number of hydrogen-bond acceptors (Lipinski definition) is 4. The number of azo groups is 1. The lowest BCUT2D eigenvalue weighted by atomic mass is 9.92. The Hall–Kier alpha value is -3.41. The number of amides is 1. The lowest BCUT2D eigenvalue weighted by molar-refractivity contribution is -0.120. The van der Waals surface area contributed by atoms with Crippen molar-refractivity contribution in [1.82, 2.24) is 4.57 Å². The Balaban J connectivity index is 1.66. The zero-order valence-electron chi connectivity index (χ0n) is 16.0. The summed E-state index contributed by atoms with van der Waals surface area (Å²) in [5.41, 5.74) is 2.94. The summed E-state index contributed by atoms with van der Waals surface area (Å²) >= 11 is 0. The minimum Gasteiger partial charge on any atom is -0.493 e. The molecule has 0 bridgehead atoms. The third-order valence-electron chi connectivity index (χ3n) is 4.88. The van der Waals surface area contributed by atoms with Crippen LogP contribution in [0.2, 0.25) is 0 Å². The highest BCUT2D eigenvalue weighted by atomic mass is 16.5. The molecule has 0 aliphatic carbocycles. The molecule has 0 radical (unpaired) electrons. The molecule has 0 saturated heterocycles. The Labute approximate surface area is 162 Å². The molecule has 0 unspecified atom stereocenters. The third kappa shape index (κ3) is 2.97. The first kappa shape index (κ1) is 18.0. The fraction of sp³-hybridized carbons (Fsp3) is 0.227. The van der Waals surface area contributed by atoms with Crippen molar-refractivity contribution < 1.29 is 14.6 Å². The van der Waals surface area contributed by atoms with E-state index in [1.807, 2.05) is 54.8 Å². The second-order valence-electron chi connectivity index (χ2n) is 7.39. The number of hydrogen-bond donors (Lipinski definition) is 1. The molecule has 6 heteroatoms. The van der Waals surface area contributed by atoms with Gasteiger partial charge in [-0.2, -0.15) is 0 Å². The minimum atomic E-state index is -0.524. The average Bonchev–Trinajstić information content (AvgIpc) is 2.96. The minimum absolute atomic E-state index is 0.00303. The van der Waals surface area contributed by atoms with E-state index in [1.54, 1.807) is 12.1 Å². The van der Waals surface area contributed by atoms with Crippen LogP contribution in [0.4, 0.5) is 5.69 Å². The summed E-state index contributed by atoms with van der Waals surface area (Å²) in [5.74, 6) is 0.0600. The number of benzene rings is 2. The van der Waals surface area contributed by atoms with Crippen molar-refractivity contribution in [3.8, 4) is 11.6 Å². The van der Waals surface area contributed by atoms with Crippen molar-refractivity contribution in [2.75, 3.05) is 6.61 Å². The van der Waals surface area contributed by atoms with Gasteiger partial charge in [-0.25, -0.2) is 0 Å². The smallest absolute Gasteiger partial charge is 0.302 e. The first-order valence-electron chi connectivity index (χ1n) is 9.07. The summed E-state index contributed by atoms with van der Waals surface area (Å²) in [6, 6.07) is 14.8. The van der Waals surface area contributed by atoms with Crippen LogP contribution < -0.4 is 4.74 Å². The Morgan fingerprint density at radius 1 is 1.14 bits per heavy atom. The monoisotopic (exact) mass is 375 g/mol. The van der Waals surface area contributed by atoms with Crippen molar-refractivity contribution in [1.29, 1.82) is 0 Å². The molecule has 3 aromatic rings. The maximum Gasteiger partial charge on any atom is 0.302 e. The predicted molar refractivity (Wildman–Crippen MR) is 108 cm³/mol. The molecule has 0 atom stereocenters. The lowest BCUT2D eigenvalue weighted by Crippen LogP contribution is -2.26. The Morgan fingerprint density at radius 2 is 1.89 bits per heavy atom. The number of rotatable bonds is 4. The summed E-state index contributed by atoms with van der Waals surface area (Å²) < 4.78 is 7.23. The van der Waals surface area contributed by atoms with Gasteiger partial charge in [0.2, 0.25) is 5.88 Å². The van der Waals surface area contributed by atoms with E-state index in [2.05, 4.69) is 23.2 Å². The predicted octanol–water partition coefficient (Wildman–Crippen LogP) is 5.19. The second-order valence-corrected chi connectivity index (χ2v) is 7.39. The Bertz CT molecular complexity index is 1120. The molecule has 0 spiro atoms. The molecule has 2 aromatic carbocycles. The van der Waals surface area contributed by atoms with Gasteiger partial charge in [0.25, 0.3) is 0 Å². The zero-order valence-corrected chi connectivity index (χ0v) is 16.0. The third-order valence-corrected chi connectivity index (χ3v) is 4.88. The van der Waals surface area contributed by atoms with Gasteiger partial charge in [0.05, 0.1) is 11.1 Å². The van der Waals surface area contributed by atoms with Crippen molar-refractivity contribution in [3.05, 3.63) is 60.2 Å². The zero-order chi connectivity index (χ0) is 19.9. The van der Waals surface area contributed by atoms with Crippen LogP contribution in [0.5, 0.6) is 11.6 Å². The van der Waals surface area contributed by atoms with E-state index in [1.165, 1.54) is 0 Å². The molecule has 4 rings (SSSR count). The number of aromatic hydroxyl groups is 1. The number of carbonyl (C=O) groups excluding carboxylic acids is 1. The van der Waals surface area contributed by atoms with E-state index in [-0.39, 0.29) is 12.5 Å². The molecular weight excluding hydrogens is 354 g/mol. The maximum absolute atomic E-state index is 12.1. The van der Waals surface area contributed by atoms with Gasteiger partial charge in [-0.3, -0.25) is 4.79 Å². The molecule has 28 heavy (non-hydrogen) atoms. The highest BCUT2D eigenvalue weighted by Crippen LogP contribution is 2.48. The molecule has 142 valence electrons. The maximum atomic E-state index is 12.1. The van der Waals surface area contributed by atoms with Gasteiger partial charge in [0, 0.05) is 10.9 Å². The first-order valence-corrected chi connectivity index (χ1v) is 9.07. The summed E-state index contributed by atoms with van der Waals surface area (Å²) in [6.45, 7) is 5.87. The molecule has 1 aliphatic heterocycles. The standard InChI is InChI=1S/C22H21N3O3/c1-14-12-22(2,3)25-20-16(14)10-7-11-17(20)19(21(25)27)24-23-18(26)13-28-15-8-5-4-6-9-15/h4-12,27H,13H2,1-3H3. The van der Waals surface area contributed by atoms with Gasteiger partial charge < -0.3 is 14.4 Å². The van der Waals surface area contributed by atoms with E-state index in [0.717, 1.165) is 22.0 Å². The molecule has 6 nitrogen and oxygen atoms in total. The van der Waals surface area contributed by atoms with Gasteiger partial charge in [-0.15, -0.1) is 10.2 Å². The summed E-state index contributed by atoms with van der Waals surface area (Å²) in [5, 5.41) is 19.4. The Kier molecular flexibility index (Phi) is 4.26. The number of carbonyl (C=O) groups is 1. The fourth-order valence-corrected chi connectivity index (χ4v) is 3.75. The van der Waals surface area contributed by atoms with Crippen LogP contribution in [0.3, 0.4) is 0 Å². The number of aromatic nitrogens is 1. The van der Waals surface area contributed by atoms with Gasteiger partial charge in [0.1, 0.15) is 5.75 Å². The van der Waals surface area contributed by atoms with Crippen LogP contribution in [-0.2, 0) is 10.3 Å². The molecule has 1 amide bonds. The van der Waals surface area contributed by atoms with Crippen LogP contribution in [-0.4, -0.2) is 22.2 Å². The van der Waals surface area contributed by atoms with E-state index in [0.29, 0.717) is 11.4 Å². The number of para-hydroxylation sites is 2. The number of ether oxygens (including phenoxy) is 1. The van der Waals surface area contributed by atoms with Gasteiger partial charge in [-0.1, -0.05) is 42.5 Å². The van der Waals surface area contributed by atoms with Crippen LogP contribution in [0, 0.1) is 0 Å². The van der Waals surface area contributed by atoms with Gasteiger partial charge in [0.15, 0.2) is 12.3 Å².